The summed E-state index contributed by atoms with van der Waals surface area (Å²) in [6, 6.07) is 4.39. The average molecular weight is 333 g/mol. The third-order valence-corrected chi connectivity index (χ3v) is 4.54. The topological polar surface area (TPSA) is 34.1 Å². The van der Waals surface area contributed by atoms with Crippen molar-refractivity contribution in [3.63, 3.8) is 0 Å². The van der Waals surface area contributed by atoms with Crippen molar-refractivity contribution in [1.29, 1.82) is 0 Å². The zero-order valence-electron chi connectivity index (χ0n) is 9.57. The molecule has 2 aromatic rings. The number of hydrogen-bond donors (Lipinski definition) is 1. The van der Waals surface area contributed by atoms with Crippen LogP contribution < -0.4 is 5.32 Å². The molecule has 0 saturated carbocycles. The molecule has 2 aromatic heterocycles. The van der Waals surface area contributed by atoms with Crippen molar-refractivity contribution in [1.82, 2.24) is 4.98 Å². The first-order valence-electron chi connectivity index (χ1n) is 5.15. The second-order valence-corrected chi connectivity index (χ2v) is 6.96. The molecular weight excluding hydrogens is 320 g/mol. The predicted octanol–water partition coefficient (Wildman–Crippen LogP) is 4.08. The zero-order chi connectivity index (χ0) is 12.3. The summed E-state index contributed by atoms with van der Waals surface area (Å²) >= 11 is 6.77. The Morgan fingerprint density at radius 3 is 3.00 bits per heavy atom. The van der Waals surface area contributed by atoms with E-state index < -0.39 is 0 Å². The van der Waals surface area contributed by atoms with E-state index in [2.05, 4.69) is 44.6 Å². The van der Waals surface area contributed by atoms with Crippen molar-refractivity contribution in [3.05, 3.63) is 21.3 Å². The Morgan fingerprint density at radius 2 is 2.35 bits per heavy atom. The summed E-state index contributed by atoms with van der Waals surface area (Å²) in [5, 5.41) is 6.32. The SMILES string of the molecule is COC[C@@H](C)Nc1nc(-c2ccc(Br)s2)cs1. The molecular formula is C11H13BrN2OS2. The molecule has 2 heterocycles. The van der Waals surface area contributed by atoms with Gasteiger partial charge in [0.25, 0.3) is 0 Å². The number of rotatable bonds is 5. The quantitative estimate of drug-likeness (QED) is 0.895. The number of aromatic nitrogens is 1. The number of methoxy groups -OCH3 is 1. The van der Waals surface area contributed by atoms with Crippen molar-refractivity contribution >= 4 is 43.7 Å². The highest BCUT2D eigenvalue weighted by atomic mass is 79.9. The van der Waals surface area contributed by atoms with Gasteiger partial charge in [-0.2, -0.15) is 0 Å². The van der Waals surface area contributed by atoms with E-state index in [1.807, 2.05) is 6.07 Å². The highest BCUT2D eigenvalue weighted by Gasteiger charge is 2.08. The number of thiazole rings is 1. The highest BCUT2D eigenvalue weighted by molar-refractivity contribution is 9.11. The number of anilines is 1. The van der Waals surface area contributed by atoms with Crippen LogP contribution in [0.4, 0.5) is 5.13 Å². The van der Waals surface area contributed by atoms with Gasteiger partial charge in [0, 0.05) is 18.5 Å². The van der Waals surface area contributed by atoms with Gasteiger partial charge in [-0.05, 0) is 35.0 Å². The van der Waals surface area contributed by atoms with Gasteiger partial charge >= 0.3 is 0 Å². The minimum Gasteiger partial charge on any atom is -0.383 e. The maximum Gasteiger partial charge on any atom is 0.183 e. The molecule has 3 nitrogen and oxygen atoms in total. The van der Waals surface area contributed by atoms with Crippen LogP contribution in [0.2, 0.25) is 0 Å². The smallest absolute Gasteiger partial charge is 0.183 e. The summed E-state index contributed by atoms with van der Waals surface area (Å²) in [4.78, 5) is 5.74. The first kappa shape index (κ1) is 13.0. The Hall–Kier alpha value is -0.430. The van der Waals surface area contributed by atoms with Gasteiger partial charge in [-0.15, -0.1) is 22.7 Å². The molecule has 0 aliphatic carbocycles. The van der Waals surface area contributed by atoms with Crippen LogP contribution >= 0.6 is 38.6 Å². The lowest BCUT2D eigenvalue weighted by atomic mass is 10.4. The minimum atomic E-state index is 0.272. The largest absolute Gasteiger partial charge is 0.383 e. The van der Waals surface area contributed by atoms with Crippen LogP contribution in [-0.2, 0) is 4.74 Å². The van der Waals surface area contributed by atoms with Gasteiger partial charge in [0.05, 0.1) is 21.0 Å². The number of nitrogens with zero attached hydrogens (tertiary/aromatic N) is 1. The predicted molar refractivity (Wildman–Crippen MR) is 78.1 cm³/mol. The summed E-state index contributed by atoms with van der Waals surface area (Å²) in [6.45, 7) is 2.76. The van der Waals surface area contributed by atoms with Crippen LogP contribution in [-0.4, -0.2) is 24.7 Å². The molecule has 17 heavy (non-hydrogen) atoms. The second-order valence-electron chi connectivity index (χ2n) is 3.64. The third kappa shape index (κ3) is 3.51. The zero-order valence-corrected chi connectivity index (χ0v) is 12.8. The molecule has 0 aromatic carbocycles. The fourth-order valence-electron chi connectivity index (χ4n) is 1.41. The molecule has 6 heteroatoms. The van der Waals surface area contributed by atoms with E-state index in [0.717, 1.165) is 14.6 Å². The van der Waals surface area contributed by atoms with E-state index in [0.29, 0.717) is 6.61 Å². The van der Waals surface area contributed by atoms with Crippen molar-refractivity contribution < 1.29 is 4.74 Å². The summed E-state index contributed by atoms with van der Waals surface area (Å²) in [7, 11) is 1.70. The van der Waals surface area contributed by atoms with E-state index in [1.54, 1.807) is 29.8 Å². The van der Waals surface area contributed by atoms with Crippen LogP contribution in [0.3, 0.4) is 0 Å². The summed E-state index contributed by atoms with van der Waals surface area (Å²) in [5.41, 5.74) is 1.03. The van der Waals surface area contributed by atoms with Gasteiger partial charge in [-0.1, -0.05) is 0 Å². The maximum absolute atomic E-state index is 5.08. The molecule has 92 valence electrons. The Bertz CT molecular complexity index is 483. The van der Waals surface area contributed by atoms with Crippen LogP contribution in [0.1, 0.15) is 6.92 Å². The van der Waals surface area contributed by atoms with Crippen LogP contribution in [0.15, 0.2) is 21.3 Å². The lowest BCUT2D eigenvalue weighted by Crippen LogP contribution is -2.20. The number of ether oxygens (including phenoxy) is 1. The fraction of sp³-hybridized carbons (Fsp3) is 0.364. The molecule has 1 N–H and O–H groups in total. The normalized spacial score (nSPS) is 12.6. The minimum absolute atomic E-state index is 0.272. The van der Waals surface area contributed by atoms with Gasteiger partial charge in [0.2, 0.25) is 0 Å². The summed E-state index contributed by atoms with van der Waals surface area (Å²) in [5.74, 6) is 0. The number of hydrogen-bond acceptors (Lipinski definition) is 5. The molecule has 0 unspecified atom stereocenters. The van der Waals surface area contributed by atoms with Gasteiger partial charge in [0.1, 0.15) is 0 Å². The lowest BCUT2D eigenvalue weighted by molar-refractivity contribution is 0.190. The van der Waals surface area contributed by atoms with Crippen LogP contribution in [0.25, 0.3) is 10.6 Å². The summed E-state index contributed by atoms with van der Waals surface area (Å²) in [6.07, 6.45) is 0. The molecule has 0 fully saturated rings. The molecule has 0 amide bonds. The molecule has 2 rings (SSSR count). The van der Waals surface area contributed by atoms with E-state index in [4.69, 9.17) is 4.74 Å². The molecule has 0 bridgehead atoms. The van der Waals surface area contributed by atoms with Gasteiger partial charge < -0.3 is 10.1 Å². The molecule has 0 spiro atoms. The van der Waals surface area contributed by atoms with Crippen LogP contribution in [0, 0.1) is 0 Å². The molecule has 0 saturated heterocycles. The molecule has 0 aliphatic heterocycles. The standard InChI is InChI=1S/C11H13BrN2OS2/c1-7(5-15-2)13-11-14-8(6-16-11)9-3-4-10(12)17-9/h3-4,6-7H,5H2,1-2H3,(H,13,14)/t7-/m1/s1. The number of halogens is 1. The van der Waals surface area contributed by atoms with E-state index in [9.17, 15) is 0 Å². The second kappa shape index (κ2) is 5.95. The Morgan fingerprint density at radius 1 is 1.53 bits per heavy atom. The lowest BCUT2D eigenvalue weighted by Gasteiger charge is -2.10. The summed E-state index contributed by atoms with van der Waals surface area (Å²) < 4.78 is 6.21. The molecule has 0 radical (unpaired) electrons. The number of nitrogens with one attached hydrogen (secondary N) is 1. The van der Waals surface area contributed by atoms with E-state index in [-0.39, 0.29) is 6.04 Å². The van der Waals surface area contributed by atoms with Gasteiger partial charge in [-0.25, -0.2) is 4.98 Å². The third-order valence-electron chi connectivity index (χ3n) is 2.12. The average Bonchev–Trinajstić information content (AvgIpc) is 2.87. The fourth-order valence-corrected chi connectivity index (χ4v) is 3.65. The van der Waals surface area contributed by atoms with E-state index in [1.165, 1.54) is 4.88 Å². The Balaban J connectivity index is 2.05. The van der Waals surface area contributed by atoms with Crippen molar-refractivity contribution in [2.24, 2.45) is 0 Å². The van der Waals surface area contributed by atoms with Crippen LogP contribution in [0.5, 0.6) is 0 Å². The van der Waals surface area contributed by atoms with Gasteiger partial charge in [-0.3, -0.25) is 0 Å². The maximum atomic E-state index is 5.08. The first-order valence-corrected chi connectivity index (χ1v) is 7.64. The monoisotopic (exact) mass is 332 g/mol. The Labute approximate surface area is 117 Å². The molecule has 1 atom stereocenters. The van der Waals surface area contributed by atoms with Crippen molar-refractivity contribution in [2.75, 3.05) is 19.0 Å². The highest BCUT2D eigenvalue weighted by Crippen LogP contribution is 2.33. The first-order chi connectivity index (χ1) is 8.19. The van der Waals surface area contributed by atoms with Gasteiger partial charge in [0.15, 0.2) is 5.13 Å². The van der Waals surface area contributed by atoms with Crippen molar-refractivity contribution in [3.8, 4) is 10.6 Å². The molecule has 0 aliphatic rings. The van der Waals surface area contributed by atoms with E-state index >= 15 is 0 Å². The van der Waals surface area contributed by atoms with Crippen molar-refractivity contribution in [2.45, 2.75) is 13.0 Å². The number of thiophene rings is 1. The Kier molecular flexibility index (Phi) is 4.55.